The molecule has 1 aliphatic rings. The fraction of sp³-hybridized carbons (Fsp3) is 0.647. The molecule has 1 heterocycles. The smallest absolute Gasteiger partial charge is 0.127 e. The maximum Gasteiger partial charge on any atom is 0.127 e. The molecule has 0 spiro atoms. The van der Waals surface area contributed by atoms with Crippen molar-refractivity contribution in [3.63, 3.8) is 0 Å². The van der Waals surface area contributed by atoms with Crippen LogP contribution in [0.1, 0.15) is 38.3 Å². The Morgan fingerprint density at radius 1 is 1.43 bits per heavy atom. The Morgan fingerprint density at radius 3 is 2.95 bits per heavy atom. The molecular weight excluding hydrogens is 283 g/mol. The summed E-state index contributed by atoms with van der Waals surface area (Å²) in [5.41, 5.74) is 0.811. The molecule has 2 unspecified atom stereocenters. The van der Waals surface area contributed by atoms with Crippen molar-refractivity contribution < 1.29 is 4.39 Å². The number of thioether (sulfide) groups is 1. The maximum atomic E-state index is 14.0. The minimum atomic E-state index is -0.0892. The number of hydrogen-bond acceptors (Lipinski definition) is 3. The molecular formula is C17H27FN2S. The molecule has 21 heavy (non-hydrogen) atoms. The molecule has 4 heteroatoms. The first kappa shape index (κ1) is 16.8. The van der Waals surface area contributed by atoms with Gasteiger partial charge in [-0.1, -0.05) is 32.0 Å². The lowest BCUT2D eigenvalue weighted by atomic mass is 10.0. The molecule has 1 aromatic carbocycles. The minimum absolute atomic E-state index is 0.0892. The Kier molecular flexibility index (Phi) is 7.00. The molecule has 2 rings (SSSR count). The summed E-state index contributed by atoms with van der Waals surface area (Å²) in [5, 5.41) is 4.22. The maximum absolute atomic E-state index is 14.0. The van der Waals surface area contributed by atoms with Gasteiger partial charge in [0.1, 0.15) is 5.82 Å². The van der Waals surface area contributed by atoms with Crippen LogP contribution in [0.15, 0.2) is 24.3 Å². The molecule has 2 nitrogen and oxygen atoms in total. The topological polar surface area (TPSA) is 15.3 Å². The van der Waals surface area contributed by atoms with Crippen LogP contribution in [-0.4, -0.2) is 42.1 Å². The Hall–Kier alpha value is -0.580. The van der Waals surface area contributed by atoms with E-state index in [1.54, 1.807) is 12.1 Å². The van der Waals surface area contributed by atoms with Crippen LogP contribution >= 0.6 is 11.8 Å². The van der Waals surface area contributed by atoms with Gasteiger partial charge in [-0.25, -0.2) is 4.39 Å². The van der Waals surface area contributed by atoms with E-state index in [4.69, 9.17) is 0 Å². The van der Waals surface area contributed by atoms with Crippen LogP contribution in [0.5, 0.6) is 0 Å². The summed E-state index contributed by atoms with van der Waals surface area (Å²) in [6.45, 7) is 8.73. The van der Waals surface area contributed by atoms with E-state index in [2.05, 4.69) is 35.8 Å². The van der Waals surface area contributed by atoms with Crippen molar-refractivity contribution in [3.8, 4) is 0 Å². The Labute approximate surface area is 132 Å². The summed E-state index contributed by atoms with van der Waals surface area (Å²) >= 11 is 2.05. The largest absolute Gasteiger partial charge is 0.310 e. The number of hydrogen-bond donors (Lipinski definition) is 1. The van der Waals surface area contributed by atoms with Gasteiger partial charge in [0.05, 0.1) is 0 Å². The second-order valence-corrected chi connectivity index (χ2v) is 7.35. The molecule has 0 aliphatic carbocycles. The highest BCUT2D eigenvalue weighted by molar-refractivity contribution is 7.99. The van der Waals surface area contributed by atoms with Gasteiger partial charge in [0.15, 0.2) is 0 Å². The molecule has 118 valence electrons. The van der Waals surface area contributed by atoms with Crippen molar-refractivity contribution in [2.24, 2.45) is 0 Å². The van der Waals surface area contributed by atoms with Gasteiger partial charge in [-0.05, 0) is 25.5 Å². The molecule has 1 saturated heterocycles. The second kappa shape index (κ2) is 8.76. The summed E-state index contributed by atoms with van der Waals surface area (Å²) < 4.78 is 14.0. The molecule has 0 aromatic heterocycles. The van der Waals surface area contributed by atoms with E-state index in [1.807, 2.05) is 12.1 Å². The van der Waals surface area contributed by atoms with E-state index in [0.29, 0.717) is 5.25 Å². The highest BCUT2D eigenvalue weighted by Gasteiger charge is 2.19. The number of nitrogens with one attached hydrogen (secondary N) is 1. The van der Waals surface area contributed by atoms with Crippen molar-refractivity contribution in [2.45, 2.75) is 38.0 Å². The van der Waals surface area contributed by atoms with Crippen LogP contribution in [0, 0.1) is 5.82 Å². The zero-order valence-corrected chi connectivity index (χ0v) is 14.0. The molecule has 2 atom stereocenters. The molecule has 1 fully saturated rings. The van der Waals surface area contributed by atoms with Crippen LogP contribution in [0.4, 0.5) is 4.39 Å². The van der Waals surface area contributed by atoms with Crippen molar-refractivity contribution in [1.29, 1.82) is 0 Å². The Bertz CT molecular complexity index is 427. The van der Waals surface area contributed by atoms with Crippen LogP contribution in [-0.2, 0) is 0 Å². The van der Waals surface area contributed by atoms with E-state index in [1.165, 1.54) is 5.75 Å². The fourth-order valence-electron chi connectivity index (χ4n) is 2.85. The minimum Gasteiger partial charge on any atom is -0.310 e. The second-order valence-electron chi connectivity index (χ2n) is 5.80. The molecule has 0 saturated carbocycles. The number of rotatable bonds is 7. The van der Waals surface area contributed by atoms with Crippen molar-refractivity contribution in [3.05, 3.63) is 35.6 Å². The third-order valence-electron chi connectivity index (χ3n) is 3.98. The fourth-order valence-corrected chi connectivity index (χ4v) is 3.93. The Morgan fingerprint density at radius 2 is 2.24 bits per heavy atom. The van der Waals surface area contributed by atoms with Gasteiger partial charge in [-0.3, -0.25) is 0 Å². The molecule has 1 aromatic rings. The van der Waals surface area contributed by atoms with Gasteiger partial charge in [-0.2, -0.15) is 11.8 Å². The van der Waals surface area contributed by atoms with Crippen LogP contribution in [0.25, 0.3) is 0 Å². The first-order valence-electron chi connectivity index (χ1n) is 8.02. The first-order chi connectivity index (χ1) is 10.2. The normalized spacial score (nSPS) is 21.4. The lowest BCUT2D eigenvalue weighted by Crippen LogP contribution is -2.38. The van der Waals surface area contributed by atoms with Gasteiger partial charge in [0.2, 0.25) is 0 Å². The third-order valence-corrected chi connectivity index (χ3v) is 5.12. The summed E-state index contributed by atoms with van der Waals surface area (Å²) in [5.74, 6) is 1.13. The lowest BCUT2D eigenvalue weighted by molar-refractivity contribution is 0.266. The monoisotopic (exact) mass is 310 g/mol. The molecule has 1 N–H and O–H groups in total. The standard InChI is InChI=1S/C17H27FN2S/c1-3-9-19-17(15-6-4-5-7-16(15)18)8-10-20-11-12-21-14(2)13-20/h4-7,14,17,19H,3,8-13H2,1-2H3. The average Bonchev–Trinajstić information content (AvgIpc) is 2.48. The predicted molar refractivity (Wildman–Crippen MR) is 90.4 cm³/mol. The summed E-state index contributed by atoms with van der Waals surface area (Å²) in [4.78, 5) is 2.52. The van der Waals surface area contributed by atoms with Crippen molar-refractivity contribution in [1.82, 2.24) is 10.2 Å². The molecule has 1 aliphatic heterocycles. The van der Waals surface area contributed by atoms with Gasteiger partial charge >= 0.3 is 0 Å². The summed E-state index contributed by atoms with van der Waals surface area (Å²) in [6, 6.07) is 7.29. The SMILES string of the molecule is CCCNC(CCN1CCSC(C)C1)c1ccccc1F. The van der Waals surface area contributed by atoms with Gasteiger partial charge < -0.3 is 10.2 Å². The predicted octanol–water partition coefficient (Wildman–Crippen LogP) is 3.69. The van der Waals surface area contributed by atoms with Gasteiger partial charge in [0.25, 0.3) is 0 Å². The van der Waals surface area contributed by atoms with Crippen LogP contribution in [0.3, 0.4) is 0 Å². The van der Waals surface area contributed by atoms with E-state index in [9.17, 15) is 4.39 Å². The number of halogens is 1. The Balaban J connectivity index is 1.94. The van der Waals surface area contributed by atoms with Gasteiger partial charge in [0, 0.05) is 42.2 Å². The highest BCUT2D eigenvalue weighted by Crippen LogP contribution is 2.23. The number of benzene rings is 1. The van der Waals surface area contributed by atoms with E-state index < -0.39 is 0 Å². The quantitative estimate of drug-likeness (QED) is 0.827. The molecule has 0 amide bonds. The molecule has 0 bridgehead atoms. The lowest BCUT2D eigenvalue weighted by Gasteiger charge is -2.32. The van der Waals surface area contributed by atoms with Crippen molar-refractivity contribution >= 4 is 11.8 Å². The van der Waals surface area contributed by atoms with E-state index in [0.717, 1.165) is 44.6 Å². The molecule has 0 radical (unpaired) electrons. The summed E-state index contributed by atoms with van der Waals surface area (Å²) in [7, 11) is 0. The first-order valence-corrected chi connectivity index (χ1v) is 9.07. The zero-order valence-electron chi connectivity index (χ0n) is 13.1. The van der Waals surface area contributed by atoms with E-state index in [-0.39, 0.29) is 11.9 Å². The average molecular weight is 310 g/mol. The summed E-state index contributed by atoms with van der Waals surface area (Å²) in [6.07, 6.45) is 2.04. The van der Waals surface area contributed by atoms with E-state index >= 15 is 0 Å². The number of nitrogens with zero attached hydrogens (tertiary/aromatic N) is 1. The van der Waals surface area contributed by atoms with Crippen LogP contribution < -0.4 is 5.32 Å². The van der Waals surface area contributed by atoms with Gasteiger partial charge in [-0.15, -0.1) is 0 Å². The van der Waals surface area contributed by atoms with Crippen molar-refractivity contribution in [2.75, 3.05) is 31.9 Å². The highest BCUT2D eigenvalue weighted by atomic mass is 32.2. The zero-order chi connectivity index (χ0) is 15.1. The van der Waals surface area contributed by atoms with Crippen LogP contribution in [0.2, 0.25) is 0 Å². The third kappa shape index (κ3) is 5.28.